The van der Waals surface area contributed by atoms with Crippen molar-refractivity contribution in [3.05, 3.63) is 59.9 Å². The SMILES string of the molecule is Cc1cc(NC(=O)CN2CCN(C(=O)c3cccc4ccccc34)CC2)no1. The highest BCUT2D eigenvalue weighted by molar-refractivity contribution is 6.07. The second kappa shape index (κ2) is 7.82. The first-order chi connectivity index (χ1) is 13.6. The van der Waals surface area contributed by atoms with Crippen molar-refractivity contribution in [3.63, 3.8) is 0 Å². The first-order valence-corrected chi connectivity index (χ1v) is 9.33. The lowest BCUT2D eigenvalue weighted by atomic mass is 10.0. The molecule has 0 unspecified atom stereocenters. The molecule has 7 heteroatoms. The molecule has 0 saturated carbocycles. The van der Waals surface area contributed by atoms with Crippen molar-refractivity contribution in [2.45, 2.75) is 6.92 Å². The number of carbonyl (C=O) groups is 2. The summed E-state index contributed by atoms with van der Waals surface area (Å²) in [7, 11) is 0. The van der Waals surface area contributed by atoms with Crippen LogP contribution in [0.3, 0.4) is 0 Å². The highest BCUT2D eigenvalue weighted by Gasteiger charge is 2.24. The Balaban J connectivity index is 1.34. The fourth-order valence-electron chi connectivity index (χ4n) is 3.50. The van der Waals surface area contributed by atoms with Crippen LogP contribution in [0.25, 0.3) is 10.8 Å². The minimum Gasteiger partial charge on any atom is -0.360 e. The van der Waals surface area contributed by atoms with Gasteiger partial charge in [0.15, 0.2) is 5.82 Å². The molecule has 2 heterocycles. The monoisotopic (exact) mass is 378 g/mol. The minimum atomic E-state index is -0.137. The Morgan fingerprint density at radius 1 is 1.07 bits per heavy atom. The summed E-state index contributed by atoms with van der Waals surface area (Å²) < 4.78 is 4.95. The van der Waals surface area contributed by atoms with Gasteiger partial charge in [-0.15, -0.1) is 0 Å². The van der Waals surface area contributed by atoms with E-state index >= 15 is 0 Å². The van der Waals surface area contributed by atoms with Gasteiger partial charge in [0.1, 0.15) is 5.76 Å². The largest absolute Gasteiger partial charge is 0.360 e. The second-order valence-corrected chi connectivity index (χ2v) is 6.97. The molecule has 0 radical (unpaired) electrons. The molecule has 2 amide bonds. The van der Waals surface area contributed by atoms with E-state index in [1.54, 1.807) is 13.0 Å². The summed E-state index contributed by atoms with van der Waals surface area (Å²) in [6, 6.07) is 15.4. The van der Waals surface area contributed by atoms with Crippen LogP contribution >= 0.6 is 0 Å². The molecular weight excluding hydrogens is 356 g/mol. The summed E-state index contributed by atoms with van der Waals surface area (Å²) in [5.41, 5.74) is 0.727. The molecule has 7 nitrogen and oxygen atoms in total. The number of fused-ring (bicyclic) bond motifs is 1. The zero-order valence-electron chi connectivity index (χ0n) is 15.7. The molecule has 0 aliphatic carbocycles. The van der Waals surface area contributed by atoms with Gasteiger partial charge in [0.2, 0.25) is 5.91 Å². The summed E-state index contributed by atoms with van der Waals surface area (Å²) in [4.78, 5) is 29.0. The van der Waals surface area contributed by atoms with Crippen LogP contribution in [-0.4, -0.2) is 59.5 Å². The third-order valence-corrected chi connectivity index (χ3v) is 4.94. The van der Waals surface area contributed by atoms with E-state index in [1.165, 1.54) is 0 Å². The first-order valence-electron chi connectivity index (χ1n) is 9.33. The Labute approximate surface area is 162 Å². The number of carbonyl (C=O) groups excluding carboxylic acids is 2. The van der Waals surface area contributed by atoms with Gasteiger partial charge in [-0.2, -0.15) is 0 Å². The van der Waals surface area contributed by atoms with Gasteiger partial charge in [-0.3, -0.25) is 14.5 Å². The smallest absolute Gasteiger partial charge is 0.254 e. The zero-order chi connectivity index (χ0) is 19.5. The Morgan fingerprint density at radius 3 is 2.57 bits per heavy atom. The van der Waals surface area contributed by atoms with Crippen LogP contribution in [0.4, 0.5) is 5.82 Å². The molecule has 0 atom stereocenters. The maximum Gasteiger partial charge on any atom is 0.254 e. The summed E-state index contributed by atoms with van der Waals surface area (Å²) in [6.07, 6.45) is 0. The molecule has 2 aromatic carbocycles. The zero-order valence-corrected chi connectivity index (χ0v) is 15.7. The second-order valence-electron chi connectivity index (χ2n) is 6.97. The van der Waals surface area contributed by atoms with Crippen molar-refractivity contribution in [3.8, 4) is 0 Å². The van der Waals surface area contributed by atoms with Crippen LogP contribution in [0.1, 0.15) is 16.1 Å². The van der Waals surface area contributed by atoms with Gasteiger partial charge >= 0.3 is 0 Å². The van der Waals surface area contributed by atoms with E-state index in [9.17, 15) is 9.59 Å². The third kappa shape index (κ3) is 3.89. The third-order valence-electron chi connectivity index (χ3n) is 4.94. The van der Waals surface area contributed by atoms with Crippen molar-refractivity contribution in [1.29, 1.82) is 0 Å². The molecule has 1 aliphatic rings. The lowest BCUT2D eigenvalue weighted by molar-refractivity contribution is -0.117. The van der Waals surface area contributed by atoms with E-state index in [-0.39, 0.29) is 18.4 Å². The molecule has 3 aromatic rings. The number of nitrogens with zero attached hydrogens (tertiary/aromatic N) is 3. The summed E-state index contributed by atoms with van der Waals surface area (Å²) in [5, 5.41) is 8.52. The summed E-state index contributed by atoms with van der Waals surface area (Å²) in [6.45, 7) is 4.54. The maximum atomic E-state index is 13.0. The van der Waals surface area contributed by atoms with Crippen molar-refractivity contribution < 1.29 is 14.1 Å². The highest BCUT2D eigenvalue weighted by atomic mass is 16.5. The molecule has 0 bridgehead atoms. The molecule has 0 spiro atoms. The van der Waals surface area contributed by atoms with E-state index in [1.807, 2.05) is 52.3 Å². The van der Waals surface area contributed by atoms with E-state index in [0.717, 1.165) is 16.3 Å². The van der Waals surface area contributed by atoms with Gasteiger partial charge < -0.3 is 14.7 Å². The normalized spacial score (nSPS) is 15.0. The van der Waals surface area contributed by atoms with Crippen LogP contribution in [-0.2, 0) is 4.79 Å². The van der Waals surface area contributed by atoms with E-state index in [4.69, 9.17) is 4.52 Å². The Bertz CT molecular complexity index is 1000. The number of benzene rings is 2. The lowest BCUT2D eigenvalue weighted by Gasteiger charge is -2.34. The van der Waals surface area contributed by atoms with E-state index in [0.29, 0.717) is 37.8 Å². The molecule has 4 rings (SSSR count). The lowest BCUT2D eigenvalue weighted by Crippen LogP contribution is -2.50. The average molecular weight is 378 g/mol. The molecule has 1 aromatic heterocycles. The quantitative estimate of drug-likeness (QED) is 0.755. The van der Waals surface area contributed by atoms with Gasteiger partial charge in [0, 0.05) is 37.8 Å². The van der Waals surface area contributed by atoms with Crippen LogP contribution in [0, 0.1) is 6.92 Å². The molecule has 1 aliphatic heterocycles. The van der Waals surface area contributed by atoms with Gasteiger partial charge in [-0.05, 0) is 23.8 Å². The summed E-state index contributed by atoms with van der Waals surface area (Å²) in [5.74, 6) is 0.976. The Hall–Kier alpha value is -3.19. The van der Waals surface area contributed by atoms with Crippen molar-refractivity contribution in [1.82, 2.24) is 15.0 Å². The molecule has 144 valence electrons. The maximum absolute atomic E-state index is 13.0. The van der Waals surface area contributed by atoms with E-state index < -0.39 is 0 Å². The number of amides is 2. The summed E-state index contributed by atoms with van der Waals surface area (Å²) >= 11 is 0. The number of aromatic nitrogens is 1. The first kappa shape index (κ1) is 18.2. The van der Waals surface area contributed by atoms with Crippen LogP contribution in [0.15, 0.2) is 53.1 Å². The predicted octanol–water partition coefficient (Wildman–Crippen LogP) is 2.53. The van der Waals surface area contributed by atoms with Gasteiger partial charge in [-0.25, -0.2) is 0 Å². The number of hydrogen-bond donors (Lipinski definition) is 1. The molecule has 28 heavy (non-hydrogen) atoms. The van der Waals surface area contributed by atoms with Crippen LogP contribution < -0.4 is 5.32 Å². The van der Waals surface area contributed by atoms with Crippen molar-refractivity contribution in [2.75, 3.05) is 38.0 Å². The molecule has 1 N–H and O–H groups in total. The number of piperazine rings is 1. The standard InChI is InChI=1S/C21H22N4O3/c1-15-13-19(23-28-15)22-20(26)14-24-9-11-25(12-10-24)21(27)18-8-4-6-16-5-2-3-7-17(16)18/h2-8,13H,9-12,14H2,1H3,(H,22,23,26). The minimum absolute atomic E-state index is 0.0407. The molecular formula is C21H22N4O3. The van der Waals surface area contributed by atoms with Crippen LogP contribution in [0.2, 0.25) is 0 Å². The number of rotatable bonds is 4. The Kier molecular flexibility index (Phi) is 5.08. The van der Waals surface area contributed by atoms with Crippen molar-refractivity contribution >= 4 is 28.4 Å². The topological polar surface area (TPSA) is 78.7 Å². The van der Waals surface area contributed by atoms with Gasteiger partial charge in [-0.1, -0.05) is 41.6 Å². The molecule has 1 fully saturated rings. The number of hydrogen-bond acceptors (Lipinski definition) is 5. The number of aryl methyl sites for hydroxylation is 1. The molecule has 1 saturated heterocycles. The fraction of sp³-hybridized carbons (Fsp3) is 0.286. The van der Waals surface area contributed by atoms with Crippen molar-refractivity contribution in [2.24, 2.45) is 0 Å². The van der Waals surface area contributed by atoms with E-state index in [2.05, 4.69) is 10.5 Å². The van der Waals surface area contributed by atoms with Gasteiger partial charge in [0.25, 0.3) is 5.91 Å². The van der Waals surface area contributed by atoms with Crippen LogP contribution in [0.5, 0.6) is 0 Å². The predicted molar refractivity (Wildman–Crippen MR) is 106 cm³/mol. The fourth-order valence-corrected chi connectivity index (χ4v) is 3.50. The number of anilines is 1. The Morgan fingerprint density at radius 2 is 1.82 bits per heavy atom. The number of nitrogens with one attached hydrogen (secondary N) is 1. The average Bonchev–Trinajstić information content (AvgIpc) is 3.12. The van der Waals surface area contributed by atoms with Gasteiger partial charge in [0.05, 0.1) is 6.54 Å². The highest BCUT2D eigenvalue weighted by Crippen LogP contribution is 2.20.